The molecule has 2 aromatic carbocycles. The summed E-state index contributed by atoms with van der Waals surface area (Å²) in [5.41, 5.74) is 4.08. The normalized spacial score (nSPS) is 10.6. The number of anilines is 1. The van der Waals surface area contributed by atoms with Gasteiger partial charge in [-0.15, -0.1) is 0 Å². The summed E-state index contributed by atoms with van der Waals surface area (Å²) >= 11 is 2.23. The number of H-pyrrole nitrogens is 1. The molecule has 0 spiro atoms. The number of aromatic amines is 1. The van der Waals surface area contributed by atoms with Crippen molar-refractivity contribution in [2.45, 2.75) is 0 Å². The maximum Gasteiger partial charge on any atom is 0.270 e. The molecule has 25 heavy (non-hydrogen) atoms. The molecule has 6 nitrogen and oxygen atoms in total. The predicted octanol–water partition coefficient (Wildman–Crippen LogP) is 3.36. The Bertz CT molecular complexity index is 1000. The number of hydrogen-bond acceptors (Lipinski definition) is 5. The molecule has 122 valence electrons. The molecule has 3 rings (SSSR count). The first kappa shape index (κ1) is 16.9. The minimum absolute atomic E-state index is 0.0293. The van der Waals surface area contributed by atoms with E-state index in [2.05, 4.69) is 43.1 Å². The lowest BCUT2D eigenvalue weighted by atomic mass is 10.1. The zero-order valence-corrected chi connectivity index (χ0v) is 15.1. The maximum atomic E-state index is 12.1. The number of benzene rings is 2. The molecule has 1 aromatic heterocycles. The summed E-state index contributed by atoms with van der Waals surface area (Å²) < 4.78 is 1.13. The van der Waals surface area contributed by atoms with Gasteiger partial charge in [0.15, 0.2) is 0 Å². The second kappa shape index (κ2) is 7.72. The molecule has 0 aliphatic carbocycles. The third-order valence-corrected chi connectivity index (χ3v) is 4.05. The quantitative estimate of drug-likeness (QED) is 0.369. The van der Waals surface area contributed by atoms with Crippen LogP contribution in [0.15, 0.2) is 64.5 Å². The summed E-state index contributed by atoms with van der Waals surface area (Å²) in [7, 11) is 0. The van der Waals surface area contributed by atoms with Crippen molar-refractivity contribution in [1.82, 2.24) is 9.97 Å². The number of rotatable bonds is 4. The zero-order chi connectivity index (χ0) is 17.6. The minimum Gasteiger partial charge on any atom is -0.290 e. The van der Waals surface area contributed by atoms with Gasteiger partial charge in [0.1, 0.15) is 11.6 Å². The third kappa shape index (κ3) is 4.10. The van der Waals surface area contributed by atoms with Gasteiger partial charge in [0.05, 0.1) is 11.9 Å². The fourth-order valence-corrected chi connectivity index (χ4v) is 2.51. The van der Waals surface area contributed by atoms with Crippen molar-refractivity contribution in [2.24, 2.45) is 5.10 Å². The van der Waals surface area contributed by atoms with Crippen LogP contribution in [0.25, 0.3) is 11.3 Å². The molecule has 1 heterocycles. The molecule has 0 radical (unpaired) electrons. The molecule has 0 unspecified atom stereocenters. The molecule has 0 amide bonds. The number of aromatic nitrogens is 2. The first-order valence-electron chi connectivity index (χ1n) is 7.32. The zero-order valence-electron chi connectivity index (χ0n) is 12.9. The van der Waals surface area contributed by atoms with Crippen LogP contribution in [0.4, 0.5) is 5.95 Å². The number of nitrogens with one attached hydrogen (secondary N) is 2. The van der Waals surface area contributed by atoms with Gasteiger partial charge in [0.25, 0.3) is 5.56 Å². The number of hydrazone groups is 1. The molecule has 0 saturated heterocycles. The van der Waals surface area contributed by atoms with E-state index in [0.717, 1.165) is 9.13 Å². The topological polar surface area (TPSA) is 93.9 Å². The smallest absolute Gasteiger partial charge is 0.270 e. The molecule has 2 N–H and O–H groups in total. The SMILES string of the molecule is N#Cc1c(-c2ccccc2)nc(NN=Cc2ccc(I)cc2)[nH]c1=O. The standard InChI is InChI=1S/C18H12IN5O/c19-14-8-6-12(7-9-14)11-21-24-18-22-16(13-4-2-1-3-5-13)15(10-20)17(25)23-18/h1-9,11H,(H2,22,23,24,25). The summed E-state index contributed by atoms with van der Waals surface area (Å²) in [5.74, 6) is 0.171. The molecule has 0 fully saturated rings. The van der Waals surface area contributed by atoms with Crippen molar-refractivity contribution in [1.29, 1.82) is 5.26 Å². The Balaban J connectivity index is 1.90. The molecule has 0 aliphatic rings. The van der Waals surface area contributed by atoms with Crippen LogP contribution < -0.4 is 11.0 Å². The molecular weight excluding hydrogens is 429 g/mol. The second-order valence-corrected chi connectivity index (χ2v) is 6.28. The van der Waals surface area contributed by atoms with Gasteiger partial charge in [-0.2, -0.15) is 10.4 Å². The van der Waals surface area contributed by atoms with Crippen LogP contribution >= 0.6 is 22.6 Å². The van der Waals surface area contributed by atoms with Crippen LogP contribution in [0.3, 0.4) is 0 Å². The lowest BCUT2D eigenvalue weighted by Crippen LogP contribution is -2.16. The van der Waals surface area contributed by atoms with Gasteiger partial charge in [-0.3, -0.25) is 9.78 Å². The van der Waals surface area contributed by atoms with Gasteiger partial charge < -0.3 is 0 Å². The van der Waals surface area contributed by atoms with E-state index >= 15 is 0 Å². The van der Waals surface area contributed by atoms with Crippen molar-refractivity contribution >= 4 is 34.8 Å². The Morgan fingerprint density at radius 3 is 2.56 bits per heavy atom. The molecule has 0 bridgehead atoms. The van der Waals surface area contributed by atoms with Gasteiger partial charge in [0, 0.05) is 9.13 Å². The van der Waals surface area contributed by atoms with Gasteiger partial charge in [-0.05, 0) is 40.3 Å². The summed E-state index contributed by atoms with van der Waals surface area (Å²) in [6, 6.07) is 18.8. The van der Waals surface area contributed by atoms with Gasteiger partial charge in [-0.1, -0.05) is 42.5 Å². The number of halogens is 1. The predicted molar refractivity (Wildman–Crippen MR) is 105 cm³/mol. The summed E-state index contributed by atoms with van der Waals surface area (Å²) in [4.78, 5) is 19.0. The Hall–Kier alpha value is -2.99. The Morgan fingerprint density at radius 2 is 1.88 bits per heavy atom. The van der Waals surface area contributed by atoms with Crippen molar-refractivity contribution in [3.8, 4) is 17.3 Å². The number of nitrogens with zero attached hydrogens (tertiary/aromatic N) is 3. The molecule has 7 heteroatoms. The largest absolute Gasteiger partial charge is 0.290 e. The average molecular weight is 441 g/mol. The fourth-order valence-electron chi connectivity index (χ4n) is 2.15. The molecule has 3 aromatic rings. The lowest BCUT2D eigenvalue weighted by Gasteiger charge is -2.05. The Labute approximate surface area is 157 Å². The van der Waals surface area contributed by atoms with Crippen molar-refractivity contribution < 1.29 is 0 Å². The van der Waals surface area contributed by atoms with Gasteiger partial charge in [-0.25, -0.2) is 10.4 Å². The van der Waals surface area contributed by atoms with Crippen molar-refractivity contribution in [3.63, 3.8) is 0 Å². The van der Waals surface area contributed by atoms with E-state index in [-0.39, 0.29) is 11.5 Å². The van der Waals surface area contributed by atoms with Crippen LogP contribution in [-0.4, -0.2) is 16.2 Å². The van der Waals surface area contributed by atoms with Crippen LogP contribution in [0.2, 0.25) is 0 Å². The van der Waals surface area contributed by atoms with Crippen LogP contribution in [0, 0.1) is 14.9 Å². The van der Waals surface area contributed by atoms with Crippen molar-refractivity contribution in [2.75, 3.05) is 5.43 Å². The highest BCUT2D eigenvalue weighted by Crippen LogP contribution is 2.19. The monoisotopic (exact) mass is 441 g/mol. The highest BCUT2D eigenvalue weighted by atomic mass is 127. The molecule has 0 aliphatic heterocycles. The molecule has 0 saturated carbocycles. The molecule has 0 atom stereocenters. The summed E-state index contributed by atoms with van der Waals surface area (Å²) in [5, 5.41) is 13.3. The average Bonchev–Trinajstić information content (AvgIpc) is 2.64. The van der Waals surface area contributed by atoms with E-state index in [0.29, 0.717) is 11.3 Å². The highest BCUT2D eigenvalue weighted by Gasteiger charge is 2.12. The van der Waals surface area contributed by atoms with E-state index in [1.807, 2.05) is 48.5 Å². The van der Waals surface area contributed by atoms with Crippen LogP contribution in [0.5, 0.6) is 0 Å². The Kier molecular flexibility index (Phi) is 5.20. The lowest BCUT2D eigenvalue weighted by molar-refractivity contribution is 1.08. The first-order chi connectivity index (χ1) is 12.2. The number of nitriles is 1. The minimum atomic E-state index is -0.511. The fraction of sp³-hybridized carbons (Fsp3) is 0. The van der Waals surface area contributed by atoms with E-state index < -0.39 is 5.56 Å². The first-order valence-corrected chi connectivity index (χ1v) is 8.40. The van der Waals surface area contributed by atoms with E-state index in [9.17, 15) is 10.1 Å². The molecular formula is C18H12IN5O. The van der Waals surface area contributed by atoms with Crippen LogP contribution in [0.1, 0.15) is 11.1 Å². The summed E-state index contributed by atoms with van der Waals surface area (Å²) in [6.07, 6.45) is 1.62. The van der Waals surface area contributed by atoms with Crippen LogP contribution in [-0.2, 0) is 0 Å². The summed E-state index contributed by atoms with van der Waals surface area (Å²) in [6.45, 7) is 0. The Morgan fingerprint density at radius 1 is 1.16 bits per heavy atom. The third-order valence-electron chi connectivity index (χ3n) is 3.33. The van der Waals surface area contributed by atoms with E-state index in [1.54, 1.807) is 18.3 Å². The van der Waals surface area contributed by atoms with Crippen molar-refractivity contribution in [3.05, 3.63) is 79.6 Å². The number of hydrogen-bond donors (Lipinski definition) is 2. The highest BCUT2D eigenvalue weighted by molar-refractivity contribution is 14.1. The second-order valence-electron chi connectivity index (χ2n) is 5.04. The van der Waals surface area contributed by atoms with Gasteiger partial charge in [0.2, 0.25) is 5.95 Å². The van der Waals surface area contributed by atoms with E-state index in [4.69, 9.17) is 0 Å². The van der Waals surface area contributed by atoms with E-state index in [1.165, 1.54) is 0 Å². The maximum absolute atomic E-state index is 12.1. The van der Waals surface area contributed by atoms with Gasteiger partial charge >= 0.3 is 0 Å².